The molecule has 0 saturated carbocycles. The molecule has 0 aromatic heterocycles. The fourth-order valence-corrected chi connectivity index (χ4v) is 2.05. The Morgan fingerprint density at radius 3 is 2.60 bits per heavy atom. The first-order valence-electron chi connectivity index (χ1n) is 4.79. The van der Waals surface area contributed by atoms with Gasteiger partial charge in [-0.25, -0.2) is 8.78 Å². The normalized spacial score (nSPS) is 12.9. The molecule has 0 aliphatic carbocycles. The molecule has 1 aromatic carbocycles. The number of hydrogen-bond acceptors (Lipinski definition) is 0. The van der Waals surface area contributed by atoms with Crippen LogP contribution in [-0.2, 0) is 6.42 Å². The predicted octanol–water partition coefficient (Wildman–Crippen LogP) is 4.83. The highest BCUT2D eigenvalue weighted by Gasteiger charge is 2.11. The van der Waals surface area contributed by atoms with Gasteiger partial charge in [0.2, 0.25) is 0 Å². The predicted molar refractivity (Wildman–Crippen MR) is 65.4 cm³/mol. The maximum absolute atomic E-state index is 13.5. The van der Waals surface area contributed by atoms with Crippen LogP contribution in [0.1, 0.15) is 25.3 Å². The van der Waals surface area contributed by atoms with Crippen LogP contribution in [0, 0.1) is 11.6 Å². The zero-order valence-corrected chi connectivity index (χ0v) is 11.5. The Hall–Kier alpha value is 0.0400. The fraction of sp³-hybridized carbons (Fsp3) is 0.455. The lowest BCUT2D eigenvalue weighted by Gasteiger charge is -2.07. The average molecular weight is 342 g/mol. The second-order valence-electron chi connectivity index (χ2n) is 3.49. The standard InChI is InChI=1S/C11H12Br2F2/c1-7(12)3-2-4-8-10(14)6-5-9(13)11(8)15/h5-7H,2-4H2,1H3. The second-order valence-corrected chi connectivity index (χ2v) is 5.91. The third-order valence-corrected chi connectivity index (χ3v) is 3.24. The molecule has 1 unspecified atom stereocenters. The van der Waals surface area contributed by atoms with Crippen molar-refractivity contribution in [3.63, 3.8) is 0 Å². The summed E-state index contributed by atoms with van der Waals surface area (Å²) in [5, 5.41) is 0. The summed E-state index contributed by atoms with van der Waals surface area (Å²) in [6, 6.07) is 2.68. The summed E-state index contributed by atoms with van der Waals surface area (Å²) in [7, 11) is 0. The lowest BCUT2D eigenvalue weighted by Crippen LogP contribution is -1.99. The molecule has 15 heavy (non-hydrogen) atoms. The van der Waals surface area contributed by atoms with Gasteiger partial charge in [-0.3, -0.25) is 0 Å². The van der Waals surface area contributed by atoms with Crippen LogP contribution in [0.2, 0.25) is 0 Å². The van der Waals surface area contributed by atoms with Crippen molar-refractivity contribution in [2.75, 3.05) is 0 Å². The molecule has 1 aromatic rings. The lowest BCUT2D eigenvalue weighted by molar-refractivity contribution is 0.543. The Bertz CT molecular complexity index is 338. The first-order chi connectivity index (χ1) is 7.02. The summed E-state index contributed by atoms with van der Waals surface area (Å²) < 4.78 is 27.1. The van der Waals surface area contributed by atoms with E-state index in [1.54, 1.807) is 0 Å². The summed E-state index contributed by atoms with van der Waals surface area (Å²) in [4.78, 5) is 0.385. The molecule has 4 heteroatoms. The van der Waals surface area contributed by atoms with Crippen molar-refractivity contribution >= 4 is 31.9 Å². The van der Waals surface area contributed by atoms with Gasteiger partial charge in [0, 0.05) is 10.4 Å². The van der Waals surface area contributed by atoms with Crippen LogP contribution in [0.25, 0.3) is 0 Å². The van der Waals surface area contributed by atoms with Crippen LogP contribution in [-0.4, -0.2) is 4.83 Å². The molecule has 0 nitrogen and oxygen atoms in total. The van der Waals surface area contributed by atoms with E-state index in [1.807, 2.05) is 6.92 Å². The quantitative estimate of drug-likeness (QED) is 0.543. The van der Waals surface area contributed by atoms with Crippen molar-refractivity contribution in [3.05, 3.63) is 33.8 Å². The minimum Gasteiger partial charge on any atom is -0.207 e. The zero-order chi connectivity index (χ0) is 11.4. The third kappa shape index (κ3) is 3.83. The Morgan fingerprint density at radius 2 is 2.00 bits per heavy atom. The van der Waals surface area contributed by atoms with Crippen molar-refractivity contribution < 1.29 is 8.78 Å². The molecule has 0 N–H and O–H groups in total. The second kappa shape index (κ2) is 5.94. The van der Waals surface area contributed by atoms with Crippen molar-refractivity contribution in [1.29, 1.82) is 0 Å². The van der Waals surface area contributed by atoms with E-state index in [0.717, 1.165) is 12.8 Å². The van der Waals surface area contributed by atoms with E-state index < -0.39 is 11.6 Å². The highest BCUT2D eigenvalue weighted by atomic mass is 79.9. The van der Waals surface area contributed by atoms with Gasteiger partial charge in [0.15, 0.2) is 0 Å². The molecule has 1 atom stereocenters. The third-order valence-electron chi connectivity index (χ3n) is 2.17. The molecule has 1 rings (SSSR count). The topological polar surface area (TPSA) is 0 Å². The highest BCUT2D eigenvalue weighted by molar-refractivity contribution is 9.10. The highest BCUT2D eigenvalue weighted by Crippen LogP contribution is 2.23. The molecule has 0 aliphatic rings. The molecule has 0 fully saturated rings. The first-order valence-corrected chi connectivity index (χ1v) is 6.49. The van der Waals surface area contributed by atoms with Gasteiger partial charge in [0.1, 0.15) is 11.6 Å². The van der Waals surface area contributed by atoms with Gasteiger partial charge < -0.3 is 0 Å². The van der Waals surface area contributed by atoms with E-state index >= 15 is 0 Å². The van der Waals surface area contributed by atoms with Gasteiger partial charge in [-0.05, 0) is 47.3 Å². The molecule has 0 heterocycles. The van der Waals surface area contributed by atoms with Crippen LogP contribution in [0.5, 0.6) is 0 Å². The van der Waals surface area contributed by atoms with E-state index in [2.05, 4.69) is 31.9 Å². The molecular formula is C11H12Br2F2. The zero-order valence-electron chi connectivity index (χ0n) is 8.37. The number of hydrogen-bond donors (Lipinski definition) is 0. The van der Waals surface area contributed by atoms with Crippen molar-refractivity contribution in [1.82, 2.24) is 0 Å². The molecule has 0 bridgehead atoms. The first kappa shape index (κ1) is 13.1. The largest absolute Gasteiger partial charge is 0.207 e. The van der Waals surface area contributed by atoms with E-state index in [-0.39, 0.29) is 5.56 Å². The van der Waals surface area contributed by atoms with Crippen LogP contribution in [0.15, 0.2) is 16.6 Å². The summed E-state index contributed by atoms with van der Waals surface area (Å²) in [5.74, 6) is -0.935. The SMILES string of the molecule is CC(Br)CCCc1c(F)ccc(Br)c1F. The monoisotopic (exact) mass is 340 g/mol. The van der Waals surface area contributed by atoms with Crippen LogP contribution >= 0.6 is 31.9 Å². The molecule has 0 spiro atoms. The van der Waals surface area contributed by atoms with Crippen molar-refractivity contribution in [2.45, 2.75) is 31.0 Å². The van der Waals surface area contributed by atoms with Crippen LogP contribution < -0.4 is 0 Å². The maximum atomic E-state index is 13.5. The molecule has 84 valence electrons. The molecular weight excluding hydrogens is 330 g/mol. The lowest BCUT2D eigenvalue weighted by atomic mass is 10.1. The van der Waals surface area contributed by atoms with E-state index in [4.69, 9.17) is 0 Å². The Kier molecular flexibility index (Phi) is 5.19. The van der Waals surface area contributed by atoms with Crippen molar-refractivity contribution in [3.8, 4) is 0 Å². The summed E-state index contributed by atoms with van der Waals surface area (Å²) in [6.07, 6.45) is 2.12. The van der Waals surface area contributed by atoms with Gasteiger partial charge in [0.05, 0.1) is 4.47 Å². The van der Waals surface area contributed by atoms with Gasteiger partial charge in [-0.15, -0.1) is 0 Å². The smallest absolute Gasteiger partial charge is 0.143 e. The maximum Gasteiger partial charge on any atom is 0.143 e. The van der Waals surface area contributed by atoms with Gasteiger partial charge in [-0.2, -0.15) is 0 Å². The average Bonchev–Trinajstić information content (AvgIpc) is 2.17. The molecule has 0 amide bonds. The van der Waals surface area contributed by atoms with Crippen LogP contribution in [0.4, 0.5) is 8.78 Å². The minimum absolute atomic E-state index is 0.178. The van der Waals surface area contributed by atoms with Crippen molar-refractivity contribution in [2.24, 2.45) is 0 Å². The molecule has 0 saturated heterocycles. The fourth-order valence-electron chi connectivity index (χ4n) is 1.36. The Morgan fingerprint density at radius 1 is 1.33 bits per heavy atom. The molecule has 0 radical (unpaired) electrons. The van der Waals surface area contributed by atoms with Crippen LogP contribution in [0.3, 0.4) is 0 Å². The van der Waals surface area contributed by atoms with Gasteiger partial charge >= 0.3 is 0 Å². The van der Waals surface area contributed by atoms with Gasteiger partial charge in [0.25, 0.3) is 0 Å². The minimum atomic E-state index is -0.475. The van der Waals surface area contributed by atoms with E-state index in [9.17, 15) is 8.78 Å². The summed E-state index contributed by atoms with van der Waals surface area (Å²) in [6.45, 7) is 2.02. The van der Waals surface area contributed by atoms with E-state index in [1.165, 1.54) is 12.1 Å². The van der Waals surface area contributed by atoms with E-state index in [0.29, 0.717) is 15.7 Å². The number of benzene rings is 1. The number of alkyl halides is 1. The Balaban J connectivity index is 2.71. The summed E-state index contributed by atoms with van der Waals surface area (Å²) >= 11 is 6.45. The molecule has 0 aliphatic heterocycles. The Labute approximate surface area is 105 Å². The summed E-state index contributed by atoms with van der Waals surface area (Å²) in [5.41, 5.74) is 0.178. The number of halogens is 4. The number of rotatable bonds is 4. The van der Waals surface area contributed by atoms with Gasteiger partial charge in [-0.1, -0.05) is 22.9 Å².